The van der Waals surface area contributed by atoms with Gasteiger partial charge in [0.25, 0.3) is 0 Å². The highest BCUT2D eigenvalue weighted by Crippen LogP contribution is 2.45. The van der Waals surface area contributed by atoms with E-state index < -0.39 is 0 Å². The number of anilines is 1. The Balaban J connectivity index is 1.19. The number of hydrogen-bond acceptors (Lipinski definition) is 9. The van der Waals surface area contributed by atoms with Crippen LogP contribution in [0.15, 0.2) is 24.3 Å². The number of amides is 1. The second-order valence-corrected chi connectivity index (χ2v) is 12.7. The third-order valence-electron chi connectivity index (χ3n) is 7.13. The molecule has 226 valence electrons. The largest absolute Gasteiger partial charge is 0.379 e. The quantitative estimate of drug-likeness (QED) is 0.164. The first kappa shape index (κ1) is 32.0. The lowest BCUT2D eigenvalue weighted by molar-refractivity contribution is -0.116. The normalized spacial score (nSPS) is 13.8. The Labute approximate surface area is 252 Å². The molecule has 0 spiro atoms. The molecule has 1 aliphatic rings. The van der Waals surface area contributed by atoms with E-state index in [1.165, 1.54) is 15.1 Å². The van der Waals surface area contributed by atoms with Crippen LogP contribution in [0.1, 0.15) is 56.9 Å². The average Bonchev–Trinajstić information content (AvgIpc) is 3.55. The Bertz CT molecular complexity index is 1180. The number of carbonyl (C=O) groups is 1. The Morgan fingerprint density at radius 3 is 2.46 bits per heavy atom. The summed E-state index contributed by atoms with van der Waals surface area (Å²) in [6.45, 7) is 14.0. The Morgan fingerprint density at radius 2 is 1.73 bits per heavy atom. The Kier molecular flexibility index (Phi) is 13.5. The maximum absolute atomic E-state index is 13.0. The van der Waals surface area contributed by atoms with E-state index >= 15 is 0 Å². The van der Waals surface area contributed by atoms with Crippen LogP contribution in [0, 0.1) is 0 Å². The summed E-state index contributed by atoms with van der Waals surface area (Å²) in [5, 5.41) is 8.55. The smallest absolute Gasteiger partial charge is 0.226 e. The number of aromatic nitrogens is 1. The summed E-state index contributed by atoms with van der Waals surface area (Å²) in [5.41, 5.74) is 3.49. The van der Waals surface area contributed by atoms with Gasteiger partial charge >= 0.3 is 0 Å². The van der Waals surface area contributed by atoms with Gasteiger partial charge in [-0.05, 0) is 57.4 Å². The molecule has 0 fully saturated rings. The van der Waals surface area contributed by atoms with Crippen molar-refractivity contribution in [3.8, 4) is 10.6 Å². The van der Waals surface area contributed by atoms with Gasteiger partial charge in [0.05, 0.1) is 36.6 Å². The molecular weight excluding hydrogens is 556 g/mol. The van der Waals surface area contributed by atoms with Gasteiger partial charge in [-0.1, -0.05) is 25.5 Å². The zero-order valence-corrected chi connectivity index (χ0v) is 26.5. The van der Waals surface area contributed by atoms with Crippen molar-refractivity contribution >= 4 is 43.8 Å². The van der Waals surface area contributed by atoms with Crippen LogP contribution in [0.5, 0.6) is 0 Å². The van der Waals surface area contributed by atoms with E-state index in [9.17, 15) is 4.79 Å². The molecule has 2 aromatic heterocycles. The fourth-order valence-electron chi connectivity index (χ4n) is 4.76. The van der Waals surface area contributed by atoms with Crippen molar-refractivity contribution in [3.05, 3.63) is 34.7 Å². The van der Waals surface area contributed by atoms with Gasteiger partial charge in [-0.15, -0.1) is 22.7 Å². The SMILES string of the molecule is CCCCOCCOCCOCCCNCCC(=O)Nc1sc2c(c1-c1nc3ccccc3s1)CCN(C(C)C)C2. The Hall–Kier alpha value is -1.92. The van der Waals surface area contributed by atoms with Gasteiger partial charge in [0.2, 0.25) is 5.91 Å². The van der Waals surface area contributed by atoms with E-state index in [-0.39, 0.29) is 5.91 Å². The number of fused-ring (bicyclic) bond motifs is 2. The van der Waals surface area contributed by atoms with Gasteiger partial charge in [-0.25, -0.2) is 4.98 Å². The minimum Gasteiger partial charge on any atom is -0.379 e. The van der Waals surface area contributed by atoms with Crippen LogP contribution in [0.25, 0.3) is 20.8 Å². The minimum absolute atomic E-state index is 0.0336. The predicted octanol–water partition coefficient (Wildman–Crippen LogP) is 5.95. The molecule has 2 N–H and O–H groups in total. The molecule has 3 heterocycles. The molecular formula is C31H46N4O4S2. The molecule has 0 saturated heterocycles. The van der Waals surface area contributed by atoms with Crippen LogP contribution in [0.3, 0.4) is 0 Å². The summed E-state index contributed by atoms with van der Waals surface area (Å²) in [7, 11) is 0. The average molecular weight is 603 g/mol. The highest BCUT2D eigenvalue weighted by atomic mass is 32.1. The van der Waals surface area contributed by atoms with Gasteiger partial charge in [-0.2, -0.15) is 0 Å². The molecule has 1 aromatic carbocycles. The summed E-state index contributed by atoms with van der Waals surface area (Å²) >= 11 is 3.43. The molecule has 0 aliphatic carbocycles. The van der Waals surface area contributed by atoms with Crippen molar-refractivity contribution < 1.29 is 19.0 Å². The zero-order chi connectivity index (χ0) is 28.9. The van der Waals surface area contributed by atoms with Crippen molar-refractivity contribution in [2.75, 3.05) is 64.6 Å². The lowest BCUT2D eigenvalue weighted by Crippen LogP contribution is -2.35. The summed E-state index contributed by atoms with van der Waals surface area (Å²) in [6.07, 6.45) is 4.55. The highest BCUT2D eigenvalue weighted by Gasteiger charge is 2.28. The van der Waals surface area contributed by atoms with Crippen LogP contribution >= 0.6 is 22.7 Å². The molecule has 0 saturated carbocycles. The number of rotatable bonds is 19. The number of nitrogens with zero attached hydrogens (tertiary/aromatic N) is 2. The van der Waals surface area contributed by atoms with Crippen molar-refractivity contribution in [2.45, 2.75) is 65.5 Å². The number of hydrogen-bond donors (Lipinski definition) is 2. The van der Waals surface area contributed by atoms with Crippen molar-refractivity contribution in [1.82, 2.24) is 15.2 Å². The lowest BCUT2D eigenvalue weighted by atomic mass is 10.0. The van der Waals surface area contributed by atoms with Crippen LogP contribution < -0.4 is 10.6 Å². The third kappa shape index (κ3) is 9.81. The van der Waals surface area contributed by atoms with Gasteiger partial charge in [-0.3, -0.25) is 9.69 Å². The highest BCUT2D eigenvalue weighted by molar-refractivity contribution is 7.22. The number of carbonyl (C=O) groups excluding carboxylic acids is 1. The van der Waals surface area contributed by atoms with Gasteiger partial charge in [0.1, 0.15) is 10.0 Å². The molecule has 0 radical (unpaired) electrons. The molecule has 1 amide bonds. The summed E-state index contributed by atoms with van der Waals surface area (Å²) in [4.78, 5) is 21.8. The van der Waals surface area contributed by atoms with Gasteiger partial charge < -0.3 is 24.8 Å². The van der Waals surface area contributed by atoms with E-state index in [1.54, 1.807) is 22.7 Å². The summed E-state index contributed by atoms with van der Waals surface area (Å²) in [5.74, 6) is 0.0336. The molecule has 0 unspecified atom stereocenters. The summed E-state index contributed by atoms with van der Waals surface area (Å²) < 4.78 is 17.8. The summed E-state index contributed by atoms with van der Waals surface area (Å²) in [6, 6.07) is 8.75. The number of thiophene rings is 1. The molecule has 0 atom stereocenters. The first-order chi connectivity index (χ1) is 20.1. The van der Waals surface area contributed by atoms with Crippen LogP contribution in [-0.2, 0) is 32.0 Å². The third-order valence-corrected chi connectivity index (χ3v) is 9.32. The first-order valence-electron chi connectivity index (χ1n) is 15.0. The number of nitrogens with one attached hydrogen (secondary N) is 2. The zero-order valence-electron chi connectivity index (χ0n) is 24.8. The van der Waals surface area contributed by atoms with Crippen LogP contribution in [0.2, 0.25) is 0 Å². The molecule has 4 rings (SSSR count). The number of ether oxygens (including phenoxy) is 3. The van der Waals surface area contributed by atoms with Crippen molar-refractivity contribution in [1.29, 1.82) is 0 Å². The molecule has 10 heteroatoms. The molecule has 0 bridgehead atoms. The standard InChI is InChI=1S/C31H46N4O4S2/c1-4-5-16-37-18-20-39-21-19-38-17-8-13-32-14-11-28(36)34-31-29(30-33-25-9-6-7-10-26(25)40-30)24-12-15-35(23(2)3)22-27(24)41-31/h6-7,9-10,23,32H,4-5,8,11-22H2,1-3H3,(H,34,36). The van der Waals surface area contributed by atoms with E-state index in [1.807, 2.05) is 6.07 Å². The second-order valence-electron chi connectivity index (χ2n) is 10.6. The maximum Gasteiger partial charge on any atom is 0.226 e. The molecule has 8 nitrogen and oxygen atoms in total. The van der Waals surface area contributed by atoms with E-state index in [4.69, 9.17) is 19.2 Å². The van der Waals surface area contributed by atoms with Crippen molar-refractivity contribution in [3.63, 3.8) is 0 Å². The predicted molar refractivity (Wildman–Crippen MR) is 170 cm³/mol. The number of benzene rings is 1. The van der Waals surface area contributed by atoms with Crippen LogP contribution in [-0.4, -0.2) is 81.1 Å². The maximum atomic E-state index is 13.0. The molecule has 3 aromatic rings. The van der Waals surface area contributed by atoms with Gasteiger partial charge in [0, 0.05) is 55.8 Å². The monoisotopic (exact) mass is 602 g/mol. The molecule has 41 heavy (non-hydrogen) atoms. The minimum atomic E-state index is 0.0336. The Morgan fingerprint density at radius 1 is 1.00 bits per heavy atom. The van der Waals surface area contributed by atoms with Crippen LogP contribution in [0.4, 0.5) is 5.00 Å². The van der Waals surface area contributed by atoms with Gasteiger partial charge in [0.15, 0.2) is 0 Å². The molecule has 1 aliphatic heterocycles. The number of thiazole rings is 1. The first-order valence-corrected chi connectivity index (χ1v) is 16.7. The fraction of sp³-hybridized carbons (Fsp3) is 0.613. The van der Waals surface area contributed by atoms with E-state index in [0.29, 0.717) is 52.0 Å². The lowest BCUT2D eigenvalue weighted by Gasteiger charge is -2.30. The number of unbranched alkanes of at least 4 members (excludes halogenated alkanes) is 1. The van der Waals surface area contributed by atoms with E-state index in [0.717, 1.165) is 73.0 Å². The number of para-hydroxylation sites is 1. The second kappa shape index (κ2) is 17.3. The fourth-order valence-corrected chi connectivity index (χ4v) is 7.16. The van der Waals surface area contributed by atoms with E-state index in [2.05, 4.69) is 54.5 Å². The van der Waals surface area contributed by atoms with Crippen molar-refractivity contribution in [2.24, 2.45) is 0 Å². The topological polar surface area (TPSA) is 84.9 Å².